The molecule has 0 radical (unpaired) electrons. The highest BCUT2D eigenvalue weighted by atomic mass is 32.2. The lowest BCUT2D eigenvalue weighted by molar-refractivity contribution is -0.137. The highest BCUT2D eigenvalue weighted by molar-refractivity contribution is 7.91. The standard InChI is InChI=1S/C10H13NO4S/c1-7-4-9(12)11(10(7)13)5-8-2-3-16(14,15)6-8/h4,8H,2-3,5-6H2,1H3. The smallest absolute Gasteiger partial charge is 0.256 e. The molecule has 0 aromatic heterocycles. The monoisotopic (exact) mass is 243 g/mol. The zero-order chi connectivity index (χ0) is 11.9. The van der Waals surface area contributed by atoms with E-state index in [9.17, 15) is 18.0 Å². The van der Waals surface area contributed by atoms with Crippen LogP contribution < -0.4 is 0 Å². The fourth-order valence-electron chi connectivity index (χ4n) is 2.08. The lowest BCUT2D eigenvalue weighted by Crippen LogP contribution is -2.35. The third-order valence-electron chi connectivity index (χ3n) is 2.96. The molecule has 1 unspecified atom stereocenters. The summed E-state index contributed by atoms with van der Waals surface area (Å²) < 4.78 is 22.5. The number of imide groups is 1. The number of carbonyl (C=O) groups is 2. The van der Waals surface area contributed by atoms with Gasteiger partial charge < -0.3 is 0 Å². The van der Waals surface area contributed by atoms with Crippen molar-refractivity contribution in [3.63, 3.8) is 0 Å². The van der Waals surface area contributed by atoms with Crippen LogP contribution in [-0.2, 0) is 19.4 Å². The van der Waals surface area contributed by atoms with Gasteiger partial charge in [0.2, 0.25) is 0 Å². The van der Waals surface area contributed by atoms with E-state index >= 15 is 0 Å². The van der Waals surface area contributed by atoms with Gasteiger partial charge in [0, 0.05) is 18.2 Å². The quantitative estimate of drug-likeness (QED) is 0.626. The molecule has 0 spiro atoms. The molecule has 16 heavy (non-hydrogen) atoms. The molecule has 0 saturated carbocycles. The summed E-state index contributed by atoms with van der Waals surface area (Å²) in [6, 6.07) is 0. The Hall–Kier alpha value is -1.17. The van der Waals surface area contributed by atoms with E-state index in [0.717, 1.165) is 4.90 Å². The van der Waals surface area contributed by atoms with Crippen molar-refractivity contribution in [3.8, 4) is 0 Å². The van der Waals surface area contributed by atoms with Crippen LogP contribution in [0.1, 0.15) is 13.3 Å². The van der Waals surface area contributed by atoms with E-state index in [-0.39, 0.29) is 35.8 Å². The highest BCUT2D eigenvalue weighted by Crippen LogP contribution is 2.22. The molecule has 2 heterocycles. The van der Waals surface area contributed by atoms with Gasteiger partial charge in [-0.05, 0) is 19.3 Å². The first-order chi connectivity index (χ1) is 7.39. The Morgan fingerprint density at radius 2 is 2.12 bits per heavy atom. The third-order valence-corrected chi connectivity index (χ3v) is 4.79. The topological polar surface area (TPSA) is 71.5 Å². The van der Waals surface area contributed by atoms with Gasteiger partial charge in [0.05, 0.1) is 11.5 Å². The minimum absolute atomic E-state index is 0.0864. The second-order valence-corrected chi connectivity index (χ2v) is 6.58. The Bertz CT molecular complexity index is 477. The number of sulfone groups is 1. The molecule has 2 aliphatic heterocycles. The van der Waals surface area contributed by atoms with Crippen LogP contribution in [0.5, 0.6) is 0 Å². The van der Waals surface area contributed by atoms with Gasteiger partial charge >= 0.3 is 0 Å². The zero-order valence-electron chi connectivity index (χ0n) is 8.97. The largest absolute Gasteiger partial charge is 0.275 e. The van der Waals surface area contributed by atoms with Crippen molar-refractivity contribution in [2.24, 2.45) is 5.92 Å². The predicted molar refractivity (Wildman–Crippen MR) is 57.2 cm³/mol. The maximum absolute atomic E-state index is 11.6. The van der Waals surface area contributed by atoms with Crippen LogP contribution in [-0.4, -0.2) is 43.2 Å². The minimum atomic E-state index is -2.95. The summed E-state index contributed by atoms with van der Waals surface area (Å²) in [4.78, 5) is 24.1. The van der Waals surface area contributed by atoms with Gasteiger partial charge in [-0.1, -0.05) is 0 Å². The average molecular weight is 243 g/mol. The van der Waals surface area contributed by atoms with Crippen molar-refractivity contribution in [2.45, 2.75) is 13.3 Å². The summed E-state index contributed by atoms with van der Waals surface area (Å²) in [6.45, 7) is 1.82. The molecule has 1 fully saturated rings. The average Bonchev–Trinajstić information content (AvgIpc) is 2.62. The molecule has 88 valence electrons. The van der Waals surface area contributed by atoms with Gasteiger partial charge in [0.1, 0.15) is 0 Å². The van der Waals surface area contributed by atoms with Crippen LogP contribution in [0.15, 0.2) is 11.6 Å². The number of rotatable bonds is 2. The van der Waals surface area contributed by atoms with Crippen LogP contribution in [0.4, 0.5) is 0 Å². The minimum Gasteiger partial charge on any atom is -0.275 e. The van der Waals surface area contributed by atoms with E-state index < -0.39 is 9.84 Å². The Morgan fingerprint density at radius 1 is 1.44 bits per heavy atom. The van der Waals surface area contributed by atoms with Gasteiger partial charge in [-0.15, -0.1) is 0 Å². The Balaban J connectivity index is 2.03. The second kappa shape index (κ2) is 3.69. The molecule has 1 atom stereocenters. The molecule has 2 rings (SSSR count). The zero-order valence-corrected chi connectivity index (χ0v) is 9.79. The molecule has 2 amide bonds. The van der Waals surface area contributed by atoms with Crippen molar-refractivity contribution in [1.82, 2.24) is 4.90 Å². The highest BCUT2D eigenvalue weighted by Gasteiger charge is 2.35. The predicted octanol–water partition coefficient (Wildman–Crippen LogP) is -0.264. The lowest BCUT2D eigenvalue weighted by atomic mass is 10.1. The first kappa shape index (κ1) is 11.3. The number of amides is 2. The van der Waals surface area contributed by atoms with Crippen molar-refractivity contribution < 1.29 is 18.0 Å². The molecule has 5 nitrogen and oxygen atoms in total. The summed E-state index contributed by atoms with van der Waals surface area (Å²) in [5.41, 5.74) is 0.422. The molecule has 0 aromatic rings. The van der Waals surface area contributed by atoms with Crippen molar-refractivity contribution in [1.29, 1.82) is 0 Å². The molecular formula is C10H13NO4S. The van der Waals surface area contributed by atoms with E-state index in [1.807, 2.05) is 0 Å². The van der Waals surface area contributed by atoms with Crippen molar-refractivity contribution >= 4 is 21.7 Å². The number of hydrogen-bond donors (Lipinski definition) is 0. The fourth-order valence-corrected chi connectivity index (χ4v) is 3.93. The molecule has 0 N–H and O–H groups in total. The van der Waals surface area contributed by atoms with E-state index in [2.05, 4.69) is 0 Å². The molecular weight excluding hydrogens is 230 g/mol. The van der Waals surface area contributed by atoms with Gasteiger partial charge in [0.15, 0.2) is 9.84 Å². The molecule has 0 aromatic carbocycles. The maximum Gasteiger partial charge on any atom is 0.256 e. The summed E-state index contributed by atoms with van der Waals surface area (Å²) in [5.74, 6) is -0.470. The Morgan fingerprint density at radius 3 is 2.56 bits per heavy atom. The van der Waals surface area contributed by atoms with Crippen LogP contribution in [0.3, 0.4) is 0 Å². The van der Waals surface area contributed by atoms with E-state index in [0.29, 0.717) is 12.0 Å². The summed E-state index contributed by atoms with van der Waals surface area (Å²) in [5, 5.41) is 0. The Labute approximate surface area is 94.0 Å². The molecule has 0 aliphatic carbocycles. The second-order valence-electron chi connectivity index (χ2n) is 4.35. The summed E-state index contributed by atoms with van der Waals surface area (Å²) >= 11 is 0. The van der Waals surface area contributed by atoms with Crippen LogP contribution in [0, 0.1) is 5.92 Å². The van der Waals surface area contributed by atoms with Gasteiger partial charge in [-0.2, -0.15) is 0 Å². The maximum atomic E-state index is 11.6. The van der Waals surface area contributed by atoms with E-state index in [1.54, 1.807) is 6.92 Å². The van der Waals surface area contributed by atoms with Gasteiger partial charge in [-0.25, -0.2) is 8.42 Å². The van der Waals surface area contributed by atoms with E-state index in [1.165, 1.54) is 6.08 Å². The lowest BCUT2D eigenvalue weighted by Gasteiger charge is -2.17. The van der Waals surface area contributed by atoms with Gasteiger partial charge in [-0.3, -0.25) is 14.5 Å². The number of carbonyl (C=O) groups excluding carboxylic acids is 2. The number of hydrogen-bond acceptors (Lipinski definition) is 4. The van der Waals surface area contributed by atoms with Crippen molar-refractivity contribution in [2.75, 3.05) is 18.1 Å². The first-order valence-electron chi connectivity index (χ1n) is 5.13. The SMILES string of the molecule is CC1=CC(=O)N(CC2CCS(=O)(=O)C2)C1=O. The summed E-state index contributed by atoms with van der Waals surface area (Å²) in [7, 11) is -2.95. The normalized spacial score (nSPS) is 28.7. The first-order valence-corrected chi connectivity index (χ1v) is 6.96. The Kier molecular flexibility index (Phi) is 2.61. The molecule has 2 aliphatic rings. The van der Waals surface area contributed by atoms with E-state index in [4.69, 9.17) is 0 Å². The molecule has 1 saturated heterocycles. The van der Waals surface area contributed by atoms with Crippen molar-refractivity contribution in [3.05, 3.63) is 11.6 Å². The van der Waals surface area contributed by atoms with Crippen LogP contribution >= 0.6 is 0 Å². The third kappa shape index (κ3) is 2.02. The van der Waals surface area contributed by atoms with Gasteiger partial charge in [0.25, 0.3) is 11.8 Å². The van der Waals surface area contributed by atoms with Crippen LogP contribution in [0.25, 0.3) is 0 Å². The number of nitrogens with zero attached hydrogens (tertiary/aromatic N) is 1. The molecule has 0 bridgehead atoms. The molecule has 6 heteroatoms. The summed E-state index contributed by atoms with van der Waals surface area (Å²) in [6.07, 6.45) is 1.84. The van der Waals surface area contributed by atoms with Crippen LogP contribution in [0.2, 0.25) is 0 Å². The fraction of sp³-hybridized carbons (Fsp3) is 0.600.